The van der Waals surface area contributed by atoms with E-state index in [9.17, 15) is 4.57 Å². The number of hydrogen-bond donors (Lipinski definition) is 2. The van der Waals surface area contributed by atoms with Gasteiger partial charge in [0.2, 0.25) is 0 Å². The Hall–Kier alpha value is -0.700. The van der Waals surface area contributed by atoms with Crippen LogP contribution in [0.25, 0.3) is 0 Å². The quantitative estimate of drug-likeness (QED) is 0.685. The highest BCUT2D eigenvalue weighted by atomic mass is 31.2. The second-order valence-corrected chi connectivity index (χ2v) is 4.47. The summed E-state index contributed by atoms with van der Waals surface area (Å²) in [4.78, 5) is 21.5. The molecule has 0 aliphatic heterocycles. The molecule has 0 fully saturated rings. The third-order valence-corrected chi connectivity index (χ3v) is 2.89. The van der Waals surface area contributed by atoms with Gasteiger partial charge < -0.3 is 9.79 Å². The van der Waals surface area contributed by atoms with Gasteiger partial charge in [0.25, 0.3) is 0 Å². The van der Waals surface area contributed by atoms with Crippen LogP contribution in [0.5, 0.6) is 0 Å². The van der Waals surface area contributed by atoms with Crippen molar-refractivity contribution < 1.29 is 14.4 Å². The van der Waals surface area contributed by atoms with Crippen molar-refractivity contribution in [2.24, 2.45) is 0 Å². The lowest BCUT2D eigenvalue weighted by Crippen LogP contribution is -1.96. The van der Waals surface area contributed by atoms with Crippen LogP contribution in [-0.4, -0.2) is 14.8 Å². The van der Waals surface area contributed by atoms with E-state index in [0.717, 1.165) is 0 Å². The Labute approximate surface area is 70.4 Å². The van der Waals surface area contributed by atoms with Gasteiger partial charge in [0.15, 0.2) is 0 Å². The van der Waals surface area contributed by atoms with Crippen molar-refractivity contribution in [2.45, 2.75) is 12.6 Å². The smallest absolute Gasteiger partial charge is 0.324 e. The first kappa shape index (κ1) is 9.39. The van der Waals surface area contributed by atoms with E-state index < -0.39 is 13.3 Å². The molecule has 0 saturated heterocycles. The van der Waals surface area contributed by atoms with Gasteiger partial charge >= 0.3 is 7.60 Å². The lowest BCUT2D eigenvalue weighted by Gasteiger charge is -2.11. The van der Waals surface area contributed by atoms with Gasteiger partial charge in [-0.05, 0) is 19.1 Å². The molecule has 0 amide bonds. The molecule has 1 aromatic rings. The second kappa shape index (κ2) is 3.35. The minimum Gasteiger partial charge on any atom is -0.324 e. The Balaban J connectivity index is 2.94. The van der Waals surface area contributed by atoms with Crippen LogP contribution in [0.4, 0.5) is 0 Å². The molecule has 0 saturated carbocycles. The first-order valence-corrected chi connectivity index (χ1v) is 5.16. The molecule has 1 heterocycles. The number of nitrogens with zero attached hydrogens (tertiary/aromatic N) is 1. The monoisotopic (exact) mass is 187 g/mol. The summed E-state index contributed by atoms with van der Waals surface area (Å²) in [5, 5.41) is 0. The molecule has 0 bridgehead atoms. The Bertz CT molecular complexity index is 295. The summed E-state index contributed by atoms with van der Waals surface area (Å²) in [6.07, 6.45) is 1.52. The summed E-state index contributed by atoms with van der Waals surface area (Å²) in [7, 11) is -4.04. The van der Waals surface area contributed by atoms with E-state index in [1.807, 2.05) is 0 Å². The van der Waals surface area contributed by atoms with E-state index >= 15 is 0 Å². The maximum absolute atomic E-state index is 10.8. The summed E-state index contributed by atoms with van der Waals surface area (Å²) >= 11 is 0. The van der Waals surface area contributed by atoms with Crippen LogP contribution in [0.15, 0.2) is 24.4 Å². The maximum Gasteiger partial charge on any atom is 0.334 e. The van der Waals surface area contributed by atoms with E-state index in [1.165, 1.54) is 13.1 Å². The average molecular weight is 187 g/mol. The molecule has 1 atom stereocenters. The molecule has 0 radical (unpaired) electrons. The van der Waals surface area contributed by atoms with Gasteiger partial charge in [0.05, 0.1) is 5.69 Å². The van der Waals surface area contributed by atoms with E-state index in [-0.39, 0.29) is 0 Å². The van der Waals surface area contributed by atoms with Crippen LogP contribution in [0.3, 0.4) is 0 Å². The van der Waals surface area contributed by atoms with Crippen LogP contribution in [-0.2, 0) is 4.57 Å². The molecule has 5 heteroatoms. The third kappa shape index (κ3) is 2.14. The largest absolute Gasteiger partial charge is 0.334 e. The van der Waals surface area contributed by atoms with Crippen molar-refractivity contribution in [3.05, 3.63) is 30.1 Å². The fraction of sp³-hybridized carbons (Fsp3) is 0.286. The molecule has 66 valence electrons. The number of hydrogen-bond acceptors (Lipinski definition) is 2. The van der Waals surface area contributed by atoms with Crippen LogP contribution in [0.1, 0.15) is 18.3 Å². The van der Waals surface area contributed by atoms with Crippen molar-refractivity contribution in [3.8, 4) is 0 Å². The van der Waals surface area contributed by atoms with Crippen LogP contribution < -0.4 is 0 Å². The van der Waals surface area contributed by atoms with Crippen molar-refractivity contribution in [2.75, 3.05) is 0 Å². The summed E-state index contributed by atoms with van der Waals surface area (Å²) < 4.78 is 10.8. The molecule has 1 aromatic heterocycles. The Morgan fingerprint density at radius 3 is 2.58 bits per heavy atom. The molecule has 1 unspecified atom stereocenters. The normalized spacial score (nSPS) is 14.2. The van der Waals surface area contributed by atoms with Gasteiger partial charge in [-0.15, -0.1) is 0 Å². The third-order valence-electron chi connectivity index (χ3n) is 1.62. The highest BCUT2D eigenvalue weighted by Gasteiger charge is 2.26. The summed E-state index contributed by atoms with van der Waals surface area (Å²) in [5.74, 6) is 0. The van der Waals surface area contributed by atoms with Gasteiger partial charge in [0.1, 0.15) is 5.66 Å². The molecule has 0 aliphatic carbocycles. The van der Waals surface area contributed by atoms with Gasteiger partial charge in [-0.1, -0.05) is 6.07 Å². The number of pyridine rings is 1. The predicted octanol–water partition coefficient (Wildman–Crippen LogP) is 1.32. The Kier molecular flexibility index (Phi) is 2.62. The predicted molar refractivity (Wildman–Crippen MR) is 44.7 cm³/mol. The summed E-state index contributed by atoms with van der Waals surface area (Å²) in [6, 6.07) is 5.01. The zero-order valence-electron chi connectivity index (χ0n) is 6.58. The van der Waals surface area contributed by atoms with E-state index in [0.29, 0.717) is 5.69 Å². The van der Waals surface area contributed by atoms with Crippen LogP contribution >= 0.6 is 7.60 Å². The average Bonchev–Trinajstić information content (AvgIpc) is 2.03. The lowest BCUT2D eigenvalue weighted by molar-refractivity contribution is 0.361. The van der Waals surface area contributed by atoms with Gasteiger partial charge in [-0.25, -0.2) is 0 Å². The van der Waals surface area contributed by atoms with Gasteiger partial charge in [0, 0.05) is 6.20 Å². The van der Waals surface area contributed by atoms with E-state index in [1.54, 1.807) is 18.2 Å². The number of rotatable bonds is 2. The van der Waals surface area contributed by atoms with Gasteiger partial charge in [-0.2, -0.15) is 0 Å². The summed E-state index contributed by atoms with van der Waals surface area (Å²) in [6.45, 7) is 1.46. The maximum atomic E-state index is 10.8. The molecule has 0 aliphatic rings. The van der Waals surface area contributed by atoms with Crippen molar-refractivity contribution in [1.29, 1.82) is 0 Å². The van der Waals surface area contributed by atoms with Crippen molar-refractivity contribution in [1.82, 2.24) is 4.98 Å². The Morgan fingerprint density at radius 1 is 1.50 bits per heavy atom. The fourth-order valence-corrected chi connectivity index (χ4v) is 1.29. The number of aromatic nitrogens is 1. The zero-order valence-corrected chi connectivity index (χ0v) is 7.48. The first-order chi connectivity index (χ1) is 5.52. The molecule has 0 aromatic carbocycles. The second-order valence-electron chi connectivity index (χ2n) is 2.52. The summed E-state index contributed by atoms with van der Waals surface area (Å²) in [5.41, 5.74) is -0.399. The van der Waals surface area contributed by atoms with Gasteiger partial charge in [-0.3, -0.25) is 9.55 Å². The van der Waals surface area contributed by atoms with E-state index in [4.69, 9.17) is 9.79 Å². The fourth-order valence-electron chi connectivity index (χ4n) is 0.795. The minimum absolute atomic E-state index is 0.422. The molecular weight excluding hydrogens is 177 g/mol. The first-order valence-electron chi connectivity index (χ1n) is 3.48. The highest BCUT2D eigenvalue weighted by Crippen LogP contribution is 2.50. The van der Waals surface area contributed by atoms with E-state index in [2.05, 4.69) is 4.98 Å². The van der Waals surface area contributed by atoms with Crippen LogP contribution in [0.2, 0.25) is 0 Å². The molecule has 12 heavy (non-hydrogen) atoms. The highest BCUT2D eigenvalue weighted by molar-refractivity contribution is 7.52. The minimum atomic E-state index is -4.04. The molecular formula is C7H10NO3P. The molecule has 4 nitrogen and oxygen atoms in total. The molecule has 2 N–H and O–H groups in total. The molecule has 0 spiro atoms. The van der Waals surface area contributed by atoms with Crippen molar-refractivity contribution >= 4 is 7.60 Å². The standard InChI is InChI=1S/C7H10NO3P/c1-6(12(9,10)11)7-4-2-3-5-8-7/h2-6H,1H3,(H2,9,10,11). The van der Waals surface area contributed by atoms with Crippen molar-refractivity contribution in [3.63, 3.8) is 0 Å². The SMILES string of the molecule is CC(c1ccccn1)P(=O)(O)O. The lowest BCUT2D eigenvalue weighted by atomic mass is 10.3. The Morgan fingerprint density at radius 2 is 2.17 bits per heavy atom. The van der Waals surface area contributed by atoms with Crippen LogP contribution in [0, 0.1) is 0 Å². The zero-order chi connectivity index (χ0) is 9.19. The topological polar surface area (TPSA) is 70.4 Å². The molecule has 1 rings (SSSR count).